The molecule has 0 fully saturated rings. The molecule has 6 nitrogen and oxygen atoms in total. The average molecular weight is 296 g/mol. The van der Waals surface area contributed by atoms with Crippen molar-refractivity contribution in [3.8, 4) is 0 Å². The third-order valence-electron chi connectivity index (χ3n) is 3.15. The topological polar surface area (TPSA) is 64.7 Å². The molecule has 0 spiro atoms. The van der Waals surface area contributed by atoms with Crippen molar-refractivity contribution in [2.24, 2.45) is 14.1 Å². The molecule has 0 saturated heterocycles. The molecule has 0 radical (unpaired) electrons. The minimum atomic E-state index is -0.323. The highest BCUT2D eigenvalue weighted by Gasteiger charge is 2.20. The Morgan fingerprint density at radius 2 is 2.00 bits per heavy atom. The van der Waals surface area contributed by atoms with E-state index in [0.717, 1.165) is 24.1 Å². The zero-order valence-electron chi connectivity index (χ0n) is 12.1. The van der Waals surface area contributed by atoms with Gasteiger partial charge in [0.2, 0.25) is 0 Å². The van der Waals surface area contributed by atoms with E-state index in [1.165, 1.54) is 4.68 Å². The maximum atomic E-state index is 12.3. The summed E-state index contributed by atoms with van der Waals surface area (Å²) in [6.45, 7) is 4.09. The van der Waals surface area contributed by atoms with E-state index in [-0.39, 0.29) is 11.6 Å². The van der Waals surface area contributed by atoms with Crippen molar-refractivity contribution in [3.05, 3.63) is 28.2 Å². The van der Waals surface area contributed by atoms with Crippen molar-refractivity contribution in [1.29, 1.82) is 0 Å². The van der Waals surface area contributed by atoms with Crippen LogP contribution in [0.15, 0.2) is 6.20 Å². The summed E-state index contributed by atoms with van der Waals surface area (Å²) in [5, 5.41) is 11.7. The molecule has 0 saturated carbocycles. The third kappa shape index (κ3) is 2.56. The number of nitrogens with zero attached hydrogens (tertiary/aromatic N) is 4. The number of halogens is 1. The molecule has 2 rings (SSSR count). The van der Waals surface area contributed by atoms with E-state index >= 15 is 0 Å². The fourth-order valence-electron chi connectivity index (χ4n) is 2.22. The molecule has 0 aromatic carbocycles. The maximum Gasteiger partial charge on any atom is 0.278 e. The number of hydrogen-bond acceptors (Lipinski definition) is 3. The van der Waals surface area contributed by atoms with Crippen LogP contribution in [0.1, 0.15) is 35.6 Å². The van der Waals surface area contributed by atoms with Crippen molar-refractivity contribution in [2.75, 3.05) is 5.32 Å². The molecule has 2 aromatic rings. The first kappa shape index (κ1) is 14.6. The summed E-state index contributed by atoms with van der Waals surface area (Å²) in [5.41, 5.74) is 2.27. The Morgan fingerprint density at radius 1 is 1.30 bits per heavy atom. The normalized spacial score (nSPS) is 10.8. The second-order valence-corrected chi connectivity index (χ2v) is 4.97. The van der Waals surface area contributed by atoms with Crippen molar-refractivity contribution >= 4 is 23.3 Å². The van der Waals surface area contributed by atoms with Gasteiger partial charge >= 0.3 is 0 Å². The molecule has 2 aromatic heterocycles. The fraction of sp³-hybridized carbons (Fsp3) is 0.462. The van der Waals surface area contributed by atoms with Crippen molar-refractivity contribution in [3.63, 3.8) is 0 Å². The van der Waals surface area contributed by atoms with E-state index in [2.05, 4.69) is 15.5 Å². The minimum absolute atomic E-state index is 0.218. The van der Waals surface area contributed by atoms with Gasteiger partial charge in [0, 0.05) is 25.9 Å². The SMILES string of the molecule is CCc1nn(C)c(NC(=O)c2nn(C)cc2Cl)c1CC. The fourth-order valence-corrected chi connectivity index (χ4v) is 2.48. The highest BCUT2D eigenvalue weighted by molar-refractivity contribution is 6.34. The number of aromatic nitrogens is 4. The molecule has 1 N–H and O–H groups in total. The molecule has 0 aliphatic heterocycles. The Labute approximate surface area is 122 Å². The van der Waals surface area contributed by atoms with Crippen molar-refractivity contribution in [1.82, 2.24) is 19.6 Å². The first-order valence-electron chi connectivity index (χ1n) is 6.53. The quantitative estimate of drug-likeness (QED) is 0.940. The molecule has 2 heterocycles. The van der Waals surface area contributed by atoms with Crippen LogP contribution in [0.3, 0.4) is 0 Å². The van der Waals surface area contributed by atoms with Crippen LogP contribution in [0.5, 0.6) is 0 Å². The van der Waals surface area contributed by atoms with E-state index in [1.54, 1.807) is 17.9 Å². The Morgan fingerprint density at radius 3 is 2.50 bits per heavy atom. The lowest BCUT2D eigenvalue weighted by Crippen LogP contribution is -2.17. The minimum Gasteiger partial charge on any atom is -0.305 e. The summed E-state index contributed by atoms with van der Waals surface area (Å²) in [6.07, 6.45) is 3.23. The number of aryl methyl sites for hydroxylation is 3. The summed E-state index contributed by atoms with van der Waals surface area (Å²) < 4.78 is 3.20. The lowest BCUT2D eigenvalue weighted by Gasteiger charge is -2.06. The monoisotopic (exact) mass is 295 g/mol. The molecule has 20 heavy (non-hydrogen) atoms. The Bertz CT molecular complexity index is 643. The Hall–Kier alpha value is -1.82. The van der Waals surface area contributed by atoms with Crippen LogP contribution in [0.4, 0.5) is 5.82 Å². The van der Waals surface area contributed by atoms with E-state index in [4.69, 9.17) is 11.6 Å². The standard InChI is InChI=1S/C13H18ClN5O/c1-5-8-10(6-2)16-19(4)12(8)15-13(20)11-9(14)7-18(3)17-11/h7H,5-6H2,1-4H3,(H,15,20). The lowest BCUT2D eigenvalue weighted by molar-refractivity contribution is 0.102. The van der Waals surface area contributed by atoms with Crippen LogP contribution >= 0.6 is 11.6 Å². The van der Waals surface area contributed by atoms with E-state index < -0.39 is 0 Å². The van der Waals surface area contributed by atoms with E-state index in [9.17, 15) is 4.79 Å². The smallest absolute Gasteiger partial charge is 0.278 e. The summed E-state index contributed by atoms with van der Waals surface area (Å²) in [5.74, 6) is 0.382. The van der Waals surface area contributed by atoms with Crippen LogP contribution < -0.4 is 5.32 Å². The molecule has 7 heteroatoms. The molecule has 0 aliphatic carbocycles. The second-order valence-electron chi connectivity index (χ2n) is 4.56. The zero-order valence-corrected chi connectivity index (χ0v) is 12.8. The molecule has 0 bridgehead atoms. The van der Waals surface area contributed by atoms with Gasteiger partial charge in [0.25, 0.3) is 5.91 Å². The number of hydrogen-bond donors (Lipinski definition) is 1. The highest BCUT2D eigenvalue weighted by atomic mass is 35.5. The van der Waals surface area contributed by atoms with Gasteiger partial charge < -0.3 is 5.32 Å². The number of amides is 1. The van der Waals surface area contributed by atoms with E-state index in [0.29, 0.717) is 10.8 Å². The molecular weight excluding hydrogens is 278 g/mol. The number of nitrogens with one attached hydrogen (secondary N) is 1. The van der Waals surface area contributed by atoms with Gasteiger partial charge in [0.15, 0.2) is 5.69 Å². The van der Waals surface area contributed by atoms with Gasteiger partial charge in [0.1, 0.15) is 5.82 Å². The summed E-state index contributed by atoms with van der Waals surface area (Å²) in [7, 11) is 3.54. The van der Waals surface area contributed by atoms with Gasteiger partial charge in [-0.1, -0.05) is 25.4 Å². The average Bonchev–Trinajstić information content (AvgIpc) is 2.89. The molecule has 108 valence electrons. The second kappa shape index (κ2) is 5.66. The first-order valence-corrected chi connectivity index (χ1v) is 6.90. The van der Waals surface area contributed by atoms with Gasteiger partial charge in [-0.2, -0.15) is 10.2 Å². The third-order valence-corrected chi connectivity index (χ3v) is 3.42. The highest BCUT2D eigenvalue weighted by Crippen LogP contribution is 2.22. The van der Waals surface area contributed by atoms with Gasteiger partial charge in [-0.15, -0.1) is 0 Å². The summed E-state index contributed by atoms with van der Waals surface area (Å²) >= 11 is 5.99. The number of carbonyl (C=O) groups excluding carboxylic acids is 1. The van der Waals surface area contributed by atoms with Crippen LogP contribution in [0.25, 0.3) is 0 Å². The number of rotatable bonds is 4. The lowest BCUT2D eigenvalue weighted by atomic mass is 10.1. The first-order chi connectivity index (χ1) is 9.47. The van der Waals surface area contributed by atoms with Gasteiger partial charge in [-0.05, 0) is 12.8 Å². The van der Waals surface area contributed by atoms with Crippen molar-refractivity contribution in [2.45, 2.75) is 26.7 Å². The summed E-state index contributed by atoms with van der Waals surface area (Å²) in [6, 6.07) is 0. The molecule has 1 amide bonds. The number of anilines is 1. The van der Waals surface area contributed by atoms with Gasteiger partial charge in [-0.25, -0.2) is 0 Å². The number of carbonyl (C=O) groups is 1. The van der Waals surface area contributed by atoms with Crippen LogP contribution in [-0.4, -0.2) is 25.5 Å². The zero-order chi connectivity index (χ0) is 14.9. The molecule has 0 atom stereocenters. The predicted octanol–water partition coefficient (Wildman–Crippen LogP) is 2.18. The maximum absolute atomic E-state index is 12.3. The predicted molar refractivity (Wildman–Crippen MR) is 78.1 cm³/mol. The van der Waals surface area contributed by atoms with Gasteiger partial charge in [0.05, 0.1) is 10.7 Å². The van der Waals surface area contributed by atoms with Crippen LogP contribution in [0, 0.1) is 0 Å². The molecule has 0 aliphatic rings. The van der Waals surface area contributed by atoms with Crippen LogP contribution in [0.2, 0.25) is 5.02 Å². The molecular formula is C13H18ClN5O. The molecule has 0 unspecified atom stereocenters. The Balaban J connectivity index is 2.32. The van der Waals surface area contributed by atoms with E-state index in [1.807, 2.05) is 20.9 Å². The largest absolute Gasteiger partial charge is 0.305 e. The van der Waals surface area contributed by atoms with Gasteiger partial charge in [-0.3, -0.25) is 14.2 Å². The van der Waals surface area contributed by atoms with Crippen LogP contribution in [-0.2, 0) is 26.9 Å². The van der Waals surface area contributed by atoms with Crippen molar-refractivity contribution < 1.29 is 4.79 Å². The Kier molecular flexibility index (Phi) is 4.13. The summed E-state index contributed by atoms with van der Waals surface area (Å²) in [4.78, 5) is 12.3.